The van der Waals surface area contributed by atoms with E-state index in [9.17, 15) is 0 Å². The molecule has 1 aliphatic heterocycles. The molecule has 0 radical (unpaired) electrons. The minimum atomic E-state index is 0.109. The molecule has 1 unspecified atom stereocenters. The molecular formula is C11H20N4O2. The van der Waals surface area contributed by atoms with Crippen molar-refractivity contribution in [1.82, 2.24) is 15.5 Å². The summed E-state index contributed by atoms with van der Waals surface area (Å²) >= 11 is 0. The van der Waals surface area contributed by atoms with Gasteiger partial charge in [-0.15, -0.1) is 0 Å². The van der Waals surface area contributed by atoms with Gasteiger partial charge in [-0.05, 0) is 25.0 Å². The molecule has 0 spiro atoms. The van der Waals surface area contributed by atoms with Gasteiger partial charge in [0, 0.05) is 13.1 Å². The van der Waals surface area contributed by atoms with Crippen molar-refractivity contribution in [3.05, 3.63) is 5.89 Å². The van der Waals surface area contributed by atoms with Crippen molar-refractivity contribution in [3.8, 4) is 0 Å². The largest absolute Gasteiger partial charge is 0.378 e. The zero-order valence-electron chi connectivity index (χ0n) is 10.5. The Morgan fingerprint density at radius 2 is 2.18 bits per heavy atom. The second kappa shape index (κ2) is 5.97. The average Bonchev–Trinajstić information content (AvgIpc) is 2.86. The Balaban J connectivity index is 1.94. The molecule has 1 fully saturated rings. The Hall–Kier alpha value is -1.14. The topological polar surface area (TPSA) is 63.4 Å². The zero-order chi connectivity index (χ0) is 12.1. The predicted molar refractivity (Wildman–Crippen MR) is 64.0 cm³/mol. The fourth-order valence-corrected chi connectivity index (χ4v) is 1.74. The lowest BCUT2D eigenvalue weighted by atomic mass is 10.3. The number of nitrogens with zero attached hydrogens (tertiary/aromatic N) is 3. The number of aromatic nitrogens is 2. The fraction of sp³-hybridized carbons (Fsp3) is 0.818. The quantitative estimate of drug-likeness (QED) is 0.827. The standard InChI is InChI=1S/C11H20N4O2/c1-3-4-12-9(2)10-13-11(14-17-10)15-5-7-16-8-6-15/h9,12H,3-8H2,1-2H3. The molecular weight excluding hydrogens is 220 g/mol. The van der Waals surface area contributed by atoms with Crippen LogP contribution < -0.4 is 10.2 Å². The molecule has 6 heteroatoms. The Morgan fingerprint density at radius 1 is 1.41 bits per heavy atom. The van der Waals surface area contributed by atoms with Gasteiger partial charge < -0.3 is 19.5 Å². The summed E-state index contributed by atoms with van der Waals surface area (Å²) in [7, 11) is 0. The SMILES string of the molecule is CCCNC(C)c1nc(N2CCOCC2)no1. The van der Waals surface area contributed by atoms with Gasteiger partial charge >= 0.3 is 0 Å². The minimum absolute atomic E-state index is 0.109. The zero-order valence-corrected chi connectivity index (χ0v) is 10.5. The van der Waals surface area contributed by atoms with Gasteiger partial charge in [-0.2, -0.15) is 4.98 Å². The van der Waals surface area contributed by atoms with Gasteiger partial charge in [0.15, 0.2) is 0 Å². The van der Waals surface area contributed by atoms with Crippen LogP contribution in [0.3, 0.4) is 0 Å². The van der Waals surface area contributed by atoms with Crippen LogP contribution in [0.15, 0.2) is 4.52 Å². The van der Waals surface area contributed by atoms with Crippen LogP contribution in [0.25, 0.3) is 0 Å². The van der Waals surface area contributed by atoms with Crippen molar-refractivity contribution in [1.29, 1.82) is 0 Å². The van der Waals surface area contributed by atoms with Crippen LogP contribution in [0.1, 0.15) is 32.2 Å². The number of anilines is 1. The molecule has 1 atom stereocenters. The Kier molecular flexibility index (Phi) is 4.33. The van der Waals surface area contributed by atoms with Crippen molar-refractivity contribution in [2.75, 3.05) is 37.7 Å². The van der Waals surface area contributed by atoms with Crippen LogP contribution in [-0.2, 0) is 4.74 Å². The highest BCUT2D eigenvalue weighted by Gasteiger charge is 2.19. The third kappa shape index (κ3) is 3.17. The summed E-state index contributed by atoms with van der Waals surface area (Å²) in [5.41, 5.74) is 0. The van der Waals surface area contributed by atoms with Crippen molar-refractivity contribution < 1.29 is 9.26 Å². The molecule has 96 valence electrons. The lowest BCUT2D eigenvalue weighted by Gasteiger charge is -2.24. The maximum atomic E-state index is 5.29. The van der Waals surface area contributed by atoms with Crippen LogP contribution in [0.4, 0.5) is 5.95 Å². The molecule has 17 heavy (non-hydrogen) atoms. The summed E-state index contributed by atoms with van der Waals surface area (Å²) in [6.45, 7) is 8.24. The van der Waals surface area contributed by atoms with Gasteiger partial charge in [0.2, 0.25) is 5.89 Å². The van der Waals surface area contributed by atoms with Gasteiger partial charge in [-0.25, -0.2) is 0 Å². The molecule has 1 aliphatic rings. The second-order valence-electron chi connectivity index (χ2n) is 4.21. The molecule has 6 nitrogen and oxygen atoms in total. The van der Waals surface area contributed by atoms with E-state index in [0.717, 1.165) is 39.3 Å². The van der Waals surface area contributed by atoms with E-state index in [2.05, 4.69) is 27.3 Å². The first-order valence-corrected chi connectivity index (χ1v) is 6.21. The highest BCUT2D eigenvalue weighted by molar-refractivity contribution is 5.28. The first kappa shape index (κ1) is 12.3. The molecule has 1 aromatic heterocycles. The molecule has 2 rings (SSSR count). The fourth-order valence-electron chi connectivity index (χ4n) is 1.74. The summed E-state index contributed by atoms with van der Waals surface area (Å²) in [6, 6.07) is 0.109. The molecule has 0 aromatic carbocycles. The van der Waals surface area contributed by atoms with Crippen LogP contribution in [0, 0.1) is 0 Å². The van der Waals surface area contributed by atoms with Crippen LogP contribution in [0.2, 0.25) is 0 Å². The van der Waals surface area contributed by atoms with Crippen LogP contribution in [-0.4, -0.2) is 43.0 Å². The first-order chi connectivity index (χ1) is 8.31. The maximum absolute atomic E-state index is 5.29. The molecule has 1 N–H and O–H groups in total. The third-order valence-electron chi connectivity index (χ3n) is 2.80. The van der Waals surface area contributed by atoms with E-state index in [1.807, 2.05) is 6.92 Å². The molecule has 2 heterocycles. The molecule has 1 aromatic rings. The average molecular weight is 240 g/mol. The van der Waals surface area contributed by atoms with Gasteiger partial charge in [-0.1, -0.05) is 6.92 Å². The van der Waals surface area contributed by atoms with Gasteiger partial charge in [0.05, 0.1) is 19.3 Å². The number of morpholine rings is 1. The number of hydrogen-bond donors (Lipinski definition) is 1. The smallest absolute Gasteiger partial charge is 0.266 e. The summed E-state index contributed by atoms with van der Waals surface area (Å²) < 4.78 is 10.6. The van der Waals surface area contributed by atoms with Crippen LogP contribution in [0.5, 0.6) is 0 Å². The molecule has 0 amide bonds. The summed E-state index contributed by atoms with van der Waals surface area (Å²) in [6.07, 6.45) is 1.09. The normalized spacial score (nSPS) is 18.4. The van der Waals surface area contributed by atoms with Crippen molar-refractivity contribution in [2.24, 2.45) is 0 Å². The lowest BCUT2D eigenvalue weighted by Crippen LogP contribution is -2.36. The molecule has 0 bridgehead atoms. The lowest BCUT2D eigenvalue weighted by molar-refractivity contribution is 0.121. The highest BCUT2D eigenvalue weighted by Crippen LogP contribution is 2.15. The third-order valence-corrected chi connectivity index (χ3v) is 2.80. The molecule has 0 saturated carbocycles. The summed E-state index contributed by atoms with van der Waals surface area (Å²) in [5, 5.41) is 7.34. The molecule has 0 aliphatic carbocycles. The van der Waals surface area contributed by atoms with E-state index in [1.165, 1.54) is 0 Å². The van der Waals surface area contributed by atoms with E-state index >= 15 is 0 Å². The minimum Gasteiger partial charge on any atom is -0.378 e. The Morgan fingerprint density at radius 3 is 2.88 bits per heavy atom. The summed E-state index contributed by atoms with van der Waals surface area (Å²) in [4.78, 5) is 6.50. The number of nitrogens with one attached hydrogen (secondary N) is 1. The van der Waals surface area contributed by atoms with Gasteiger partial charge in [0.25, 0.3) is 5.95 Å². The monoisotopic (exact) mass is 240 g/mol. The number of ether oxygens (including phenoxy) is 1. The van der Waals surface area contributed by atoms with Gasteiger partial charge in [-0.3, -0.25) is 0 Å². The second-order valence-corrected chi connectivity index (χ2v) is 4.21. The van der Waals surface area contributed by atoms with Crippen molar-refractivity contribution >= 4 is 5.95 Å². The highest BCUT2D eigenvalue weighted by atomic mass is 16.5. The predicted octanol–water partition coefficient (Wildman–Crippen LogP) is 0.967. The molecule has 1 saturated heterocycles. The van der Waals surface area contributed by atoms with E-state index in [1.54, 1.807) is 0 Å². The van der Waals surface area contributed by atoms with E-state index < -0.39 is 0 Å². The van der Waals surface area contributed by atoms with E-state index in [4.69, 9.17) is 9.26 Å². The maximum Gasteiger partial charge on any atom is 0.266 e. The Labute approximate surface area is 101 Å². The van der Waals surface area contributed by atoms with Crippen molar-refractivity contribution in [2.45, 2.75) is 26.3 Å². The number of rotatable bonds is 5. The summed E-state index contributed by atoms with van der Waals surface area (Å²) in [5.74, 6) is 1.33. The van der Waals surface area contributed by atoms with E-state index in [-0.39, 0.29) is 6.04 Å². The van der Waals surface area contributed by atoms with Crippen molar-refractivity contribution in [3.63, 3.8) is 0 Å². The number of hydrogen-bond acceptors (Lipinski definition) is 6. The van der Waals surface area contributed by atoms with E-state index in [0.29, 0.717) is 11.8 Å². The first-order valence-electron chi connectivity index (χ1n) is 6.21. The van der Waals surface area contributed by atoms with Crippen LogP contribution >= 0.6 is 0 Å². The van der Waals surface area contributed by atoms with Gasteiger partial charge in [0.1, 0.15) is 0 Å². The Bertz CT molecular complexity index is 336.